The van der Waals surface area contributed by atoms with E-state index in [0.717, 1.165) is 28.1 Å². The van der Waals surface area contributed by atoms with Gasteiger partial charge in [0.25, 0.3) is 0 Å². The summed E-state index contributed by atoms with van der Waals surface area (Å²) >= 11 is 0. The second-order valence-corrected chi connectivity index (χ2v) is 13.4. The van der Waals surface area contributed by atoms with Gasteiger partial charge in [-0.1, -0.05) is 157 Å². The molecule has 0 fully saturated rings. The van der Waals surface area contributed by atoms with Crippen molar-refractivity contribution in [2.75, 3.05) is 11.9 Å². The summed E-state index contributed by atoms with van der Waals surface area (Å²) in [5.74, 6) is 1.47. The van der Waals surface area contributed by atoms with Gasteiger partial charge in [-0.05, 0) is 69.6 Å². The van der Waals surface area contributed by atoms with Gasteiger partial charge in [0, 0.05) is 29.4 Å². The molecule has 0 amide bonds. The summed E-state index contributed by atoms with van der Waals surface area (Å²) in [6.07, 6.45) is 0. The molecule has 2 aliphatic rings. The van der Waals surface area contributed by atoms with E-state index in [9.17, 15) is 0 Å². The first-order valence-electron chi connectivity index (χ1n) is 19.4. The highest BCUT2D eigenvalue weighted by Gasteiger charge is 2.51. The Labute approximate surface area is 309 Å². The van der Waals surface area contributed by atoms with E-state index in [0.29, 0.717) is 39.7 Å². The van der Waals surface area contributed by atoms with Crippen LogP contribution < -0.4 is 4.90 Å². The molecule has 2 heterocycles. The zero-order valence-electron chi connectivity index (χ0n) is 32.6. The van der Waals surface area contributed by atoms with Crippen LogP contribution in [-0.2, 0) is 5.41 Å². The Morgan fingerprint density at radius 3 is 1.83 bits per heavy atom. The van der Waals surface area contributed by atoms with Crippen molar-refractivity contribution in [1.82, 2.24) is 15.0 Å². The number of hydrogen-bond acceptors (Lipinski definition) is 4. The van der Waals surface area contributed by atoms with E-state index in [2.05, 4.69) is 103 Å². The Balaban J connectivity index is 1.24. The average molecular weight is 671 g/mol. The molecule has 52 heavy (non-hydrogen) atoms. The Hall–Kier alpha value is -6.65. The van der Waals surface area contributed by atoms with Crippen LogP contribution in [0.3, 0.4) is 0 Å². The molecule has 0 N–H and O–H groups in total. The number of benzene rings is 7. The number of rotatable bonds is 4. The molecule has 10 rings (SSSR count). The Kier molecular flexibility index (Phi) is 5.90. The fourth-order valence-electron chi connectivity index (χ4n) is 8.29. The van der Waals surface area contributed by atoms with Gasteiger partial charge in [-0.3, -0.25) is 0 Å². The summed E-state index contributed by atoms with van der Waals surface area (Å²) in [7, 11) is 2.12. The maximum absolute atomic E-state index is 8.83. The third kappa shape index (κ3) is 4.44. The van der Waals surface area contributed by atoms with Crippen molar-refractivity contribution < 1.29 is 5.48 Å². The highest BCUT2D eigenvalue weighted by atomic mass is 15.1. The molecule has 1 aliphatic carbocycles. The Morgan fingerprint density at radius 2 is 1.06 bits per heavy atom. The minimum absolute atomic E-state index is 0.0673. The van der Waals surface area contributed by atoms with Crippen LogP contribution in [0.4, 0.5) is 11.4 Å². The van der Waals surface area contributed by atoms with Gasteiger partial charge in [0.2, 0.25) is 0 Å². The van der Waals surface area contributed by atoms with E-state index in [-0.39, 0.29) is 24.2 Å². The SMILES string of the molecule is [2H]c1c([2H])c(C)c([2H])c(-c2cccc(-c3nc(-c4ccccc4)nc(-c4cccc5c4N(C)c4ccccc4C54c5ccccc5-c5ccccc54)n3)c2)c1[2H]. The van der Waals surface area contributed by atoms with Crippen LogP contribution >= 0.6 is 0 Å². The molecule has 0 saturated heterocycles. The van der Waals surface area contributed by atoms with Crippen molar-refractivity contribution in [3.8, 4) is 56.4 Å². The third-order valence-electron chi connectivity index (χ3n) is 10.5. The summed E-state index contributed by atoms with van der Waals surface area (Å²) in [5, 5.41) is 0. The van der Waals surface area contributed by atoms with Crippen LogP contribution in [0, 0.1) is 6.92 Å². The average Bonchev–Trinajstić information content (AvgIpc) is 3.55. The highest BCUT2D eigenvalue weighted by Crippen LogP contribution is 2.63. The Morgan fingerprint density at radius 1 is 0.500 bits per heavy atom. The van der Waals surface area contributed by atoms with Gasteiger partial charge in [0.1, 0.15) is 0 Å². The second kappa shape index (κ2) is 11.7. The number of fused-ring (bicyclic) bond motifs is 9. The molecular weight excluding hydrogens is 633 g/mol. The van der Waals surface area contributed by atoms with E-state index < -0.39 is 5.41 Å². The molecule has 1 aliphatic heterocycles. The van der Waals surface area contributed by atoms with Crippen LogP contribution in [0.15, 0.2) is 170 Å². The van der Waals surface area contributed by atoms with Gasteiger partial charge in [-0.15, -0.1) is 0 Å². The second-order valence-electron chi connectivity index (χ2n) is 13.4. The molecule has 4 nitrogen and oxygen atoms in total. The minimum Gasteiger partial charge on any atom is -0.343 e. The van der Waals surface area contributed by atoms with Crippen molar-refractivity contribution in [1.29, 1.82) is 0 Å². The van der Waals surface area contributed by atoms with Crippen LogP contribution in [0.5, 0.6) is 0 Å². The summed E-state index contributed by atoms with van der Waals surface area (Å²) < 4.78 is 34.2. The summed E-state index contributed by atoms with van der Waals surface area (Å²) in [5.41, 5.74) is 12.5. The van der Waals surface area contributed by atoms with Gasteiger partial charge in [0.15, 0.2) is 17.5 Å². The zero-order chi connectivity index (χ0) is 38.3. The van der Waals surface area contributed by atoms with E-state index in [1.54, 1.807) is 6.92 Å². The summed E-state index contributed by atoms with van der Waals surface area (Å²) in [4.78, 5) is 17.7. The molecule has 7 aromatic carbocycles. The Bertz CT molecular complexity index is 2830. The van der Waals surface area contributed by atoms with Gasteiger partial charge < -0.3 is 4.90 Å². The molecule has 0 bridgehead atoms. The molecule has 0 unspecified atom stereocenters. The van der Waals surface area contributed by atoms with Crippen LogP contribution in [0.25, 0.3) is 56.4 Å². The summed E-state index contributed by atoms with van der Waals surface area (Å²) in [6, 6.07) is 49.6. The number of aromatic nitrogens is 3. The number of para-hydroxylation sites is 2. The molecule has 0 radical (unpaired) electrons. The van der Waals surface area contributed by atoms with Gasteiger partial charge in [-0.2, -0.15) is 0 Å². The topological polar surface area (TPSA) is 41.9 Å². The monoisotopic (exact) mass is 670 g/mol. The lowest BCUT2D eigenvalue weighted by molar-refractivity contribution is 0.748. The molecule has 8 aromatic rings. The maximum atomic E-state index is 8.83. The molecule has 1 aromatic heterocycles. The van der Waals surface area contributed by atoms with Crippen LogP contribution in [0.1, 0.15) is 33.3 Å². The van der Waals surface area contributed by atoms with Gasteiger partial charge in [-0.25, -0.2) is 15.0 Å². The first-order valence-corrected chi connectivity index (χ1v) is 17.4. The van der Waals surface area contributed by atoms with Gasteiger partial charge in [0.05, 0.1) is 16.6 Å². The number of hydrogen-bond donors (Lipinski definition) is 0. The fraction of sp³-hybridized carbons (Fsp3) is 0.0625. The minimum atomic E-state index is -0.584. The predicted octanol–water partition coefficient (Wildman–Crippen LogP) is 11.3. The predicted molar refractivity (Wildman–Crippen MR) is 212 cm³/mol. The number of anilines is 2. The van der Waals surface area contributed by atoms with Crippen LogP contribution in [0.2, 0.25) is 0 Å². The van der Waals surface area contributed by atoms with Crippen LogP contribution in [-0.4, -0.2) is 22.0 Å². The lowest BCUT2D eigenvalue weighted by atomic mass is 9.64. The normalized spacial score (nSPS) is 14.4. The van der Waals surface area contributed by atoms with Gasteiger partial charge >= 0.3 is 0 Å². The van der Waals surface area contributed by atoms with Crippen molar-refractivity contribution in [3.63, 3.8) is 0 Å². The first-order chi connectivity index (χ1) is 27.3. The lowest BCUT2D eigenvalue weighted by Crippen LogP contribution is -2.36. The highest BCUT2D eigenvalue weighted by molar-refractivity contribution is 5.96. The standard InChI is InChI=1S/C48H34N4/c1-31-15-12-18-33(29-31)34-19-13-20-35(30-34)46-49-45(32-16-4-3-5-17-32)50-47(51-46)38-23-14-27-42-44(38)52(2)43-28-11-10-26-41(43)48(42)39-24-8-6-21-36(39)37-22-7-9-25-40(37)48/h3-30H,1-2H3/i12D,15D,18D,29D. The van der Waals surface area contributed by atoms with Crippen molar-refractivity contribution in [2.45, 2.75) is 12.3 Å². The van der Waals surface area contributed by atoms with E-state index >= 15 is 0 Å². The smallest absolute Gasteiger partial charge is 0.166 e. The quantitative estimate of drug-likeness (QED) is 0.187. The molecular formula is C48H34N4. The van der Waals surface area contributed by atoms with E-state index in [4.69, 9.17) is 20.4 Å². The van der Waals surface area contributed by atoms with E-state index in [1.165, 1.54) is 27.8 Å². The van der Waals surface area contributed by atoms with E-state index in [1.807, 2.05) is 54.6 Å². The van der Waals surface area contributed by atoms with Crippen molar-refractivity contribution in [3.05, 3.63) is 198 Å². The lowest BCUT2D eigenvalue weighted by Gasteiger charge is -2.44. The third-order valence-corrected chi connectivity index (χ3v) is 10.5. The number of nitrogens with zero attached hydrogens (tertiary/aromatic N) is 4. The van der Waals surface area contributed by atoms with Crippen molar-refractivity contribution >= 4 is 11.4 Å². The van der Waals surface area contributed by atoms with Crippen molar-refractivity contribution in [2.24, 2.45) is 0 Å². The molecule has 4 heteroatoms. The molecule has 0 atom stereocenters. The maximum Gasteiger partial charge on any atom is 0.166 e. The molecule has 246 valence electrons. The fourth-order valence-corrected chi connectivity index (χ4v) is 8.29. The molecule has 1 spiro atoms. The summed E-state index contributed by atoms with van der Waals surface area (Å²) in [6.45, 7) is 1.66. The molecule has 0 saturated carbocycles. The zero-order valence-corrected chi connectivity index (χ0v) is 28.6. The first kappa shape index (κ1) is 26.2. The largest absolute Gasteiger partial charge is 0.343 e.